The lowest BCUT2D eigenvalue weighted by Gasteiger charge is -2.15. The summed E-state index contributed by atoms with van der Waals surface area (Å²) in [4.78, 5) is 2.52. The van der Waals surface area contributed by atoms with Crippen LogP contribution in [0.25, 0.3) is 0 Å². The molecule has 7 heteroatoms. The van der Waals surface area contributed by atoms with Gasteiger partial charge < -0.3 is 10.6 Å². The van der Waals surface area contributed by atoms with Crippen molar-refractivity contribution in [3.8, 4) is 0 Å². The SMILES string of the molecule is NCc1ccc(Br)c(S(=O)(=O)NCCN2CCCC2)c1. The Morgan fingerprint density at radius 1 is 1.30 bits per heavy atom. The van der Waals surface area contributed by atoms with E-state index in [0.29, 0.717) is 17.6 Å². The maximum absolute atomic E-state index is 12.3. The summed E-state index contributed by atoms with van der Waals surface area (Å²) in [5, 5.41) is 0. The summed E-state index contributed by atoms with van der Waals surface area (Å²) in [7, 11) is -3.49. The number of likely N-dealkylation sites (tertiary alicyclic amines) is 1. The fourth-order valence-electron chi connectivity index (χ4n) is 2.30. The molecular formula is C13H20BrN3O2S. The van der Waals surface area contributed by atoms with E-state index in [0.717, 1.165) is 25.2 Å². The summed E-state index contributed by atoms with van der Waals surface area (Å²) < 4.78 is 27.8. The number of hydrogen-bond donors (Lipinski definition) is 2. The molecule has 2 rings (SSSR count). The van der Waals surface area contributed by atoms with Crippen LogP contribution in [0.4, 0.5) is 0 Å². The second-order valence-electron chi connectivity index (χ2n) is 4.92. The molecule has 0 saturated carbocycles. The Balaban J connectivity index is 2.01. The first kappa shape index (κ1) is 15.9. The van der Waals surface area contributed by atoms with Crippen LogP contribution in [0.15, 0.2) is 27.6 Å². The standard InChI is InChI=1S/C13H20BrN3O2S/c14-12-4-3-11(10-15)9-13(12)20(18,19)16-5-8-17-6-1-2-7-17/h3-4,9,16H,1-2,5-8,10,15H2. The van der Waals surface area contributed by atoms with Crippen molar-refractivity contribution in [2.45, 2.75) is 24.3 Å². The van der Waals surface area contributed by atoms with Gasteiger partial charge in [-0.15, -0.1) is 0 Å². The Kier molecular flexibility index (Phi) is 5.57. The van der Waals surface area contributed by atoms with Gasteiger partial charge in [-0.2, -0.15) is 0 Å². The average Bonchev–Trinajstić information content (AvgIpc) is 2.92. The number of nitrogens with one attached hydrogen (secondary N) is 1. The Labute approximate surface area is 128 Å². The van der Waals surface area contributed by atoms with Crippen molar-refractivity contribution in [1.29, 1.82) is 0 Å². The third-order valence-electron chi connectivity index (χ3n) is 3.44. The van der Waals surface area contributed by atoms with Gasteiger partial charge in [-0.05, 0) is 59.6 Å². The summed E-state index contributed by atoms with van der Waals surface area (Å²) >= 11 is 3.28. The molecule has 0 atom stereocenters. The van der Waals surface area contributed by atoms with Crippen molar-refractivity contribution < 1.29 is 8.42 Å². The summed E-state index contributed by atoms with van der Waals surface area (Å²) in [5.74, 6) is 0. The molecule has 0 aliphatic carbocycles. The second kappa shape index (κ2) is 7.00. The van der Waals surface area contributed by atoms with Gasteiger partial charge in [0.2, 0.25) is 10.0 Å². The molecule has 0 radical (unpaired) electrons. The van der Waals surface area contributed by atoms with Crippen LogP contribution in [0.5, 0.6) is 0 Å². The van der Waals surface area contributed by atoms with Crippen molar-refractivity contribution in [1.82, 2.24) is 9.62 Å². The number of rotatable bonds is 6. The molecule has 0 aromatic heterocycles. The Morgan fingerprint density at radius 2 is 2.00 bits per heavy atom. The van der Waals surface area contributed by atoms with Crippen LogP contribution >= 0.6 is 15.9 Å². The first-order valence-corrected chi connectivity index (χ1v) is 9.01. The lowest BCUT2D eigenvalue weighted by Crippen LogP contribution is -2.33. The highest BCUT2D eigenvalue weighted by Crippen LogP contribution is 2.23. The van der Waals surface area contributed by atoms with Gasteiger partial charge >= 0.3 is 0 Å². The minimum Gasteiger partial charge on any atom is -0.326 e. The van der Waals surface area contributed by atoms with E-state index in [2.05, 4.69) is 25.6 Å². The molecular weight excluding hydrogens is 342 g/mol. The highest BCUT2D eigenvalue weighted by Gasteiger charge is 2.18. The molecule has 3 N–H and O–H groups in total. The topological polar surface area (TPSA) is 75.4 Å². The molecule has 1 heterocycles. The molecule has 1 aromatic carbocycles. The van der Waals surface area contributed by atoms with Crippen LogP contribution in [0.2, 0.25) is 0 Å². The molecule has 5 nitrogen and oxygen atoms in total. The number of halogens is 1. The second-order valence-corrected chi connectivity index (χ2v) is 7.51. The summed E-state index contributed by atoms with van der Waals surface area (Å²) in [6.45, 7) is 3.64. The summed E-state index contributed by atoms with van der Waals surface area (Å²) in [6, 6.07) is 5.15. The average molecular weight is 362 g/mol. The van der Waals surface area contributed by atoms with Crippen molar-refractivity contribution in [2.75, 3.05) is 26.2 Å². The Hall–Kier alpha value is -0.470. The Bertz CT molecular complexity index is 557. The third-order valence-corrected chi connectivity index (χ3v) is 5.89. The minimum atomic E-state index is -3.49. The third kappa shape index (κ3) is 4.02. The minimum absolute atomic E-state index is 0.252. The lowest BCUT2D eigenvalue weighted by atomic mass is 10.2. The number of sulfonamides is 1. The number of nitrogens with zero attached hydrogens (tertiary/aromatic N) is 1. The summed E-state index contributed by atoms with van der Waals surface area (Å²) in [6.07, 6.45) is 2.41. The van der Waals surface area contributed by atoms with E-state index in [1.54, 1.807) is 12.1 Å². The van der Waals surface area contributed by atoms with Crippen LogP contribution < -0.4 is 10.5 Å². The van der Waals surface area contributed by atoms with E-state index in [1.165, 1.54) is 12.8 Å². The van der Waals surface area contributed by atoms with Crippen molar-refractivity contribution in [3.63, 3.8) is 0 Å². The molecule has 1 fully saturated rings. The quantitative estimate of drug-likeness (QED) is 0.800. The molecule has 1 aromatic rings. The van der Waals surface area contributed by atoms with E-state index in [1.807, 2.05) is 6.07 Å². The molecule has 0 spiro atoms. The van der Waals surface area contributed by atoms with Crippen molar-refractivity contribution in [2.24, 2.45) is 5.73 Å². The van der Waals surface area contributed by atoms with Crippen LogP contribution in [0, 0.1) is 0 Å². The van der Waals surface area contributed by atoms with Gasteiger partial charge in [0.1, 0.15) is 0 Å². The molecule has 1 saturated heterocycles. The van der Waals surface area contributed by atoms with E-state index in [-0.39, 0.29) is 4.90 Å². The molecule has 20 heavy (non-hydrogen) atoms. The Morgan fingerprint density at radius 3 is 2.65 bits per heavy atom. The molecule has 112 valence electrons. The monoisotopic (exact) mass is 361 g/mol. The normalized spacial score (nSPS) is 16.7. The predicted octanol–water partition coefficient (Wildman–Crippen LogP) is 1.28. The molecule has 0 bridgehead atoms. The fraction of sp³-hybridized carbons (Fsp3) is 0.538. The zero-order valence-corrected chi connectivity index (χ0v) is 13.7. The van der Waals surface area contributed by atoms with Gasteiger partial charge in [-0.25, -0.2) is 13.1 Å². The maximum Gasteiger partial charge on any atom is 0.241 e. The fourth-order valence-corrected chi connectivity index (χ4v) is 4.34. The van der Waals surface area contributed by atoms with Gasteiger partial charge in [-0.3, -0.25) is 0 Å². The van der Waals surface area contributed by atoms with Crippen molar-refractivity contribution >= 4 is 26.0 Å². The van der Waals surface area contributed by atoms with E-state index >= 15 is 0 Å². The first-order valence-electron chi connectivity index (χ1n) is 6.73. The maximum atomic E-state index is 12.3. The molecule has 1 aliphatic heterocycles. The lowest BCUT2D eigenvalue weighted by molar-refractivity contribution is 0.344. The number of benzene rings is 1. The highest BCUT2D eigenvalue weighted by molar-refractivity contribution is 9.10. The number of hydrogen-bond acceptors (Lipinski definition) is 4. The summed E-state index contributed by atoms with van der Waals surface area (Å²) in [5.41, 5.74) is 6.36. The van der Waals surface area contributed by atoms with Crippen LogP contribution in [-0.4, -0.2) is 39.5 Å². The van der Waals surface area contributed by atoms with Gasteiger partial charge in [0, 0.05) is 24.1 Å². The van der Waals surface area contributed by atoms with E-state index in [9.17, 15) is 8.42 Å². The van der Waals surface area contributed by atoms with Gasteiger partial charge in [0.15, 0.2) is 0 Å². The molecule has 0 unspecified atom stereocenters. The molecule has 0 amide bonds. The highest BCUT2D eigenvalue weighted by atomic mass is 79.9. The van der Waals surface area contributed by atoms with Crippen LogP contribution in [-0.2, 0) is 16.6 Å². The van der Waals surface area contributed by atoms with Gasteiger partial charge in [0.25, 0.3) is 0 Å². The zero-order valence-electron chi connectivity index (χ0n) is 11.3. The smallest absolute Gasteiger partial charge is 0.241 e. The van der Waals surface area contributed by atoms with E-state index < -0.39 is 10.0 Å². The number of nitrogens with two attached hydrogens (primary N) is 1. The van der Waals surface area contributed by atoms with E-state index in [4.69, 9.17) is 5.73 Å². The largest absolute Gasteiger partial charge is 0.326 e. The zero-order chi connectivity index (χ0) is 14.6. The predicted molar refractivity (Wildman–Crippen MR) is 82.9 cm³/mol. The van der Waals surface area contributed by atoms with Crippen LogP contribution in [0.1, 0.15) is 18.4 Å². The molecule has 1 aliphatic rings. The van der Waals surface area contributed by atoms with Gasteiger partial charge in [0.05, 0.1) is 4.90 Å². The van der Waals surface area contributed by atoms with Gasteiger partial charge in [-0.1, -0.05) is 6.07 Å². The first-order chi connectivity index (χ1) is 9.53. The van der Waals surface area contributed by atoms with Crippen molar-refractivity contribution in [3.05, 3.63) is 28.2 Å². The van der Waals surface area contributed by atoms with Crippen LogP contribution in [0.3, 0.4) is 0 Å².